The first-order valence-corrected chi connectivity index (χ1v) is 12.8. The number of halogens is 1. The first-order chi connectivity index (χ1) is 17.5. The number of benzene rings is 3. The summed E-state index contributed by atoms with van der Waals surface area (Å²) in [5, 5.41) is 2.98. The maximum absolute atomic E-state index is 13.3. The standard InChI is InChI=1S/C30H33FN2O3/c1-35-28-9-5-3-6-23(28)14-17-33-18-15-24(16-19-33)29(21-33)36-30(34)32-27-8-4-2-7-25(27)20-22-10-12-26(31)13-11-22/h2-13,24,29H,14-21H2,1H3/p+1. The molecule has 188 valence electrons. The van der Waals surface area contributed by atoms with Crippen LogP contribution in [0.3, 0.4) is 0 Å². The van der Waals surface area contributed by atoms with Crippen LogP contribution in [-0.2, 0) is 17.6 Å². The van der Waals surface area contributed by atoms with Crippen molar-refractivity contribution in [2.24, 2.45) is 5.92 Å². The molecule has 0 aromatic heterocycles. The van der Waals surface area contributed by atoms with Crippen molar-refractivity contribution in [1.29, 1.82) is 0 Å². The largest absolute Gasteiger partial charge is 0.496 e. The molecule has 3 fully saturated rings. The van der Waals surface area contributed by atoms with Gasteiger partial charge in [-0.05, 0) is 47.4 Å². The Hall–Kier alpha value is -3.38. The van der Waals surface area contributed by atoms with Crippen LogP contribution in [0.4, 0.5) is 14.9 Å². The fraction of sp³-hybridized carbons (Fsp3) is 0.367. The Morgan fingerprint density at radius 1 is 0.972 bits per heavy atom. The maximum atomic E-state index is 13.3. The van der Waals surface area contributed by atoms with E-state index in [2.05, 4.69) is 17.4 Å². The van der Waals surface area contributed by atoms with Gasteiger partial charge in [0, 0.05) is 30.9 Å². The third kappa shape index (κ3) is 5.54. The van der Waals surface area contributed by atoms with E-state index in [1.807, 2.05) is 36.4 Å². The number of carbonyl (C=O) groups excluding carboxylic acids is 1. The van der Waals surface area contributed by atoms with E-state index in [0.29, 0.717) is 12.3 Å². The fourth-order valence-corrected chi connectivity index (χ4v) is 5.83. The van der Waals surface area contributed by atoms with Crippen LogP contribution < -0.4 is 10.1 Å². The van der Waals surface area contributed by atoms with E-state index < -0.39 is 6.09 Å². The van der Waals surface area contributed by atoms with Crippen molar-refractivity contribution in [3.63, 3.8) is 0 Å². The Morgan fingerprint density at radius 2 is 1.67 bits per heavy atom. The number of quaternary nitrogens is 1. The number of para-hydroxylation sites is 2. The van der Waals surface area contributed by atoms with E-state index in [-0.39, 0.29) is 11.9 Å². The second kappa shape index (κ2) is 10.7. The van der Waals surface area contributed by atoms with Crippen molar-refractivity contribution in [1.82, 2.24) is 0 Å². The van der Waals surface area contributed by atoms with Gasteiger partial charge in [0.25, 0.3) is 0 Å². The molecule has 36 heavy (non-hydrogen) atoms. The first kappa shape index (κ1) is 24.3. The minimum Gasteiger partial charge on any atom is -0.496 e. The summed E-state index contributed by atoms with van der Waals surface area (Å²) in [7, 11) is 1.72. The van der Waals surface area contributed by atoms with Gasteiger partial charge in [0.05, 0.1) is 26.7 Å². The molecule has 1 unspecified atom stereocenters. The second-order valence-corrected chi connectivity index (χ2v) is 10.1. The Balaban J connectivity index is 1.21. The summed E-state index contributed by atoms with van der Waals surface area (Å²) >= 11 is 0. The lowest BCUT2D eigenvalue weighted by molar-refractivity contribution is -0.945. The summed E-state index contributed by atoms with van der Waals surface area (Å²) < 4.78 is 25.8. The zero-order valence-corrected chi connectivity index (χ0v) is 20.8. The van der Waals surface area contributed by atoms with Crippen LogP contribution in [0.2, 0.25) is 0 Å². The van der Waals surface area contributed by atoms with E-state index >= 15 is 0 Å². The number of ether oxygens (including phenoxy) is 2. The van der Waals surface area contributed by atoms with Gasteiger partial charge in [-0.3, -0.25) is 5.32 Å². The molecule has 0 aliphatic carbocycles. The number of anilines is 1. The van der Waals surface area contributed by atoms with Crippen LogP contribution >= 0.6 is 0 Å². The summed E-state index contributed by atoms with van der Waals surface area (Å²) in [5.74, 6) is 1.11. The van der Waals surface area contributed by atoms with Crippen LogP contribution in [0.25, 0.3) is 0 Å². The molecule has 1 amide bonds. The first-order valence-electron chi connectivity index (χ1n) is 12.8. The third-order valence-corrected chi connectivity index (χ3v) is 7.91. The number of rotatable bonds is 8. The predicted molar refractivity (Wildman–Crippen MR) is 139 cm³/mol. The molecule has 3 saturated heterocycles. The van der Waals surface area contributed by atoms with Gasteiger partial charge in [0.1, 0.15) is 18.1 Å². The van der Waals surface area contributed by atoms with Crippen LogP contribution in [0.1, 0.15) is 29.5 Å². The third-order valence-electron chi connectivity index (χ3n) is 7.91. The van der Waals surface area contributed by atoms with Crippen LogP contribution in [0, 0.1) is 11.7 Å². The van der Waals surface area contributed by atoms with Gasteiger partial charge in [-0.25, -0.2) is 9.18 Å². The molecule has 0 spiro atoms. The summed E-state index contributed by atoms with van der Waals surface area (Å²) in [6.07, 6.45) is 3.25. The normalized spacial score (nSPS) is 22.7. The number of fused-ring (bicyclic) bond motifs is 3. The van der Waals surface area contributed by atoms with Crippen molar-refractivity contribution in [3.05, 3.63) is 95.3 Å². The molecule has 2 bridgehead atoms. The lowest BCUT2D eigenvalue weighted by Gasteiger charge is -2.52. The van der Waals surface area contributed by atoms with Gasteiger partial charge in [-0.2, -0.15) is 0 Å². The topological polar surface area (TPSA) is 47.6 Å². The molecule has 3 aromatic rings. The van der Waals surface area contributed by atoms with Gasteiger partial charge in [0.2, 0.25) is 0 Å². The molecule has 1 N–H and O–H groups in total. The minimum atomic E-state index is -0.400. The number of nitrogens with zero attached hydrogens (tertiary/aromatic N) is 1. The van der Waals surface area contributed by atoms with Crippen molar-refractivity contribution < 1.29 is 23.1 Å². The van der Waals surface area contributed by atoms with Gasteiger partial charge in [0.15, 0.2) is 6.10 Å². The highest BCUT2D eigenvalue weighted by Crippen LogP contribution is 2.36. The predicted octanol–water partition coefficient (Wildman–Crippen LogP) is 5.83. The molecule has 3 aliphatic heterocycles. The summed E-state index contributed by atoms with van der Waals surface area (Å²) in [4.78, 5) is 13.0. The SMILES string of the molecule is COc1ccccc1CC[N+]12CCC(CC1)C(OC(=O)Nc1ccccc1Cc1ccc(F)cc1)C2. The van der Waals surface area contributed by atoms with Gasteiger partial charge in [-0.1, -0.05) is 48.5 Å². The highest BCUT2D eigenvalue weighted by Gasteiger charge is 2.47. The summed E-state index contributed by atoms with van der Waals surface area (Å²) in [6, 6.07) is 22.4. The van der Waals surface area contributed by atoms with Crippen molar-refractivity contribution >= 4 is 11.8 Å². The van der Waals surface area contributed by atoms with Gasteiger partial charge < -0.3 is 14.0 Å². The zero-order chi connectivity index (χ0) is 25.0. The van der Waals surface area contributed by atoms with Crippen LogP contribution in [0.5, 0.6) is 5.75 Å². The molecule has 6 rings (SSSR count). The number of amides is 1. The molecule has 5 nitrogen and oxygen atoms in total. The van der Waals surface area contributed by atoms with E-state index in [9.17, 15) is 9.18 Å². The molecule has 3 aromatic carbocycles. The molecule has 0 saturated carbocycles. The average Bonchev–Trinajstić information content (AvgIpc) is 2.91. The monoisotopic (exact) mass is 489 g/mol. The lowest BCUT2D eigenvalue weighted by Crippen LogP contribution is -2.65. The zero-order valence-electron chi connectivity index (χ0n) is 20.8. The number of hydrogen-bond donors (Lipinski definition) is 1. The summed E-state index contributed by atoms with van der Waals surface area (Å²) in [6.45, 7) is 4.17. The number of carbonyl (C=O) groups is 1. The van der Waals surface area contributed by atoms with E-state index in [0.717, 1.165) is 72.5 Å². The molecular formula is C30H34FN2O3+. The Bertz CT molecular complexity index is 1190. The van der Waals surface area contributed by atoms with E-state index in [4.69, 9.17) is 9.47 Å². The lowest BCUT2D eigenvalue weighted by atomic mass is 9.83. The number of piperidine rings is 3. The fourth-order valence-electron chi connectivity index (χ4n) is 5.83. The molecule has 6 heteroatoms. The Kier molecular flexibility index (Phi) is 7.23. The Labute approximate surface area is 212 Å². The van der Waals surface area contributed by atoms with Crippen LogP contribution in [-0.4, -0.2) is 50.0 Å². The molecule has 0 radical (unpaired) electrons. The van der Waals surface area contributed by atoms with Gasteiger partial charge >= 0.3 is 6.09 Å². The molecule has 3 heterocycles. The second-order valence-electron chi connectivity index (χ2n) is 10.1. The number of nitrogens with one attached hydrogen (secondary N) is 1. The maximum Gasteiger partial charge on any atom is 0.412 e. The van der Waals surface area contributed by atoms with Gasteiger partial charge in [-0.15, -0.1) is 0 Å². The number of methoxy groups -OCH3 is 1. The van der Waals surface area contributed by atoms with E-state index in [1.165, 1.54) is 17.7 Å². The number of hydrogen-bond acceptors (Lipinski definition) is 3. The van der Waals surface area contributed by atoms with Crippen molar-refractivity contribution in [2.75, 3.05) is 38.6 Å². The van der Waals surface area contributed by atoms with Crippen molar-refractivity contribution in [3.8, 4) is 5.75 Å². The highest BCUT2D eigenvalue weighted by atomic mass is 19.1. The van der Waals surface area contributed by atoms with Crippen LogP contribution in [0.15, 0.2) is 72.8 Å². The smallest absolute Gasteiger partial charge is 0.412 e. The Morgan fingerprint density at radius 3 is 2.42 bits per heavy atom. The minimum absolute atomic E-state index is 0.0746. The van der Waals surface area contributed by atoms with E-state index in [1.54, 1.807) is 19.2 Å². The molecule has 3 aliphatic rings. The van der Waals surface area contributed by atoms with Crippen molar-refractivity contribution in [2.45, 2.75) is 31.8 Å². The summed E-state index contributed by atoms with van der Waals surface area (Å²) in [5.41, 5.74) is 3.91. The quantitative estimate of drug-likeness (QED) is 0.405. The molecular weight excluding hydrogens is 455 g/mol. The average molecular weight is 490 g/mol. The molecule has 1 atom stereocenters. The highest BCUT2D eigenvalue weighted by molar-refractivity contribution is 5.86.